The average molecular weight is 321 g/mol. The first-order valence-corrected chi connectivity index (χ1v) is 8.05. The summed E-state index contributed by atoms with van der Waals surface area (Å²) in [6, 6.07) is 15.5. The highest BCUT2D eigenvalue weighted by molar-refractivity contribution is 7.78. The molecule has 0 radical (unpaired) electrons. The first kappa shape index (κ1) is 17.0. The Balaban J connectivity index is 1.99. The number of rotatable bonds is 5. The van der Waals surface area contributed by atoms with E-state index in [1.165, 1.54) is 0 Å². The Hall–Kier alpha value is -2.40. The molecule has 116 valence electrons. The molecule has 0 N–H and O–H groups in total. The van der Waals surface area contributed by atoms with E-state index in [0.29, 0.717) is 5.92 Å². The van der Waals surface area contributed by atoms with Gasteiger partial charge in [-0.1, -0.05) is 32.1 Å². The molecule has 0 heterocycles. The molecule has 0 saturated carbocycles. The molecule has 0 amide bonds. The average Bonchev–Trinajstić information content (AvgIpc) is 2.60. The molecule has 1 atom stereocenters. The predicted molar refractivity (Wildman–Crippen MR) is 98.5 cm³/mol. The van der Waals surface area contributed by atoms with Crippen molar-refractivity contribution in [2.24, 2.45) is 10.9 Å². The van der Waals surface area contributed by atoms with Crippen LogP contribution in [0.2, 0.25) is 0 Å². The zero-order valence-electron chi connectivity index (χ0n) is 13.4. The molecule has 2 nitrogen and oxygen atoms in total. The van der Waals surface area contributed by atoms with E-state index >= 15 is 0 Å². The smallest absolute Gasteiger partial charge is 0.119 e. The van der Waals surface area contributed by atoms with Gasteiger partial charge in [0.1, 0.15) is 5.75 Å². The Morgan fingerprint density at radius 3 is 2.09 bits per heavy atom. The highest BCUT2D eigenvalue weighted by atomic mass is 32.1. The molecule has 2 aromatic rings. The van der Waals surface area contributed by atoms with Crippen molar-refractivity contribution in [3.8, 4) is 17.6 Å². The van der Waals surface area contributed by atoms with E-state index in [1.54, 1.807) is 0 Å². The molecule has 0 saturated heterocycles. The standard InChI is InChI=1S/C20H19NOS/c1-3-16(2)14-22-20-12-8-18(9-13-20)5-4-17-6-10-19(11-7-17)21-15-23/h6-13,16H,3,14H2,1-2H3. The normalized spacial score (nSPS) is 10.9. The second-order valence-corrected chi connectivity index (χ2v) is 5.53. The van der Waals surface area contributed by atoms with Gasteiger partial charge in [-0.15, -0.1) is 0 Å². The number of hydrogen-bond acceptors (Lipinski definition) is 3. The number of ether oxygens (including phenoxy) is 1. The topological polar surface area (TPSA) is 21.6 Å². The highest BCUT2D eigenvalue weighted by Gasteiger charge is 2.00. The zero-order chi connectivity index (χ0) is 16.5. The lowest BCUT2D eigenvalue weighted by Crippen LogP contribution is -2.06. The summed E-state index contributed by atoms with van der Waals surface area (Å²) in [5, 5.41) is 2.35. The van der Waals surface area contributed by atoms with Crippen molar-refractivity contribution in [2.75, 3.05) is 6.61 Å². The summed E-state index contributed by atoms with van der Waals surface area (Å²) in [5.74, 6) is 7.73. The SMILES string of the molecule is CCC(C)COc1ccc(C#Cc2ccc(N=C=S)cc2)cc1. The van der Waals surface area contributed by atoms with Crippen LogP contribution in [0.4, 0.5) is 5.69 Å². The van der Waals surface area contributed by atoms with E-state index in [0.717, 1.165) is 35.6 Å². The summed E-state index contributed by atoms with van der Waals surface area (Å²) in [5.41, 5.74) is 2.68. The maximum absolute atomic E-state index is 5.74. The largest absolute Gasteiger partial charge is 0.493 e. The zero-order valence-corrected chi connectivity index (χ0v) is 14.2. The van der Waals surface area contributed by atoms with Gasteiger partial charge < -0.3 is 4.74 Å². The van der Waals surface area contributed by atoms with Crippen LogP contribution in [0.5, 0.6) is 5.75 Å². The van der Waals surface area contributed by atoms with Crippen LogP contribution >= 0.6 is 12.2 Å². The summed E-state index contributed by atoms with van der Waals surface area (Å²) < 4.78 is 5.74. The van der Waals surface area contributed by atoms with Crippen LogP contribution in [0.15, 0.2) is 53.5 Å². The summed E-state index contributed by atoms with van der Waals surface area (Å²) in [4.78, 5) is 3.91. The van der Waals surface area contributed by atoms with Gasteiger partial charge >= 0.3 is 0 Å². The van der Waals surface area contributed by atoms with Crippen LogP contribution in [0.3, 0.4) is 0 Å². The summed E-state index contributed by atoms with van der Waals surface area (Å²) in [6.07, 6.45) is 1.12. The maximum atomic E-state index is 5.74. The Kier molecular flexibility index (Phi) is 6.56. The van der Waals surface area contributed by atoms with Gasteiger partial charge in [0, 0.05) is 11.1 Å². The predicted octanol–water partition coefficient (Wildman–Crippen LogP) is 5.25. The molecule has 0 spiro atoms. The molecule has 0 bridgehead atoms. The van der Waals surface area contributed by atoms with E-state index < -0.39 is 0 Å². The lowest BCUT2D eigenvalue weighted by molar-refractivity contribution is 0.256. The number of aliphatic imine (C=N–C) groups is 1. The van der Waals surface area contributed by atoms with Gasteiger partial charge in [-0.3, -0.25) is 0 Å². The molecule has 0 aliphatic heterocycles. The summed E-state index contributed by atoms with van der Waals surface area (Å²) in [7, 11) is 0. The third kappa shape index (κ3) is 5.71. The van der Waals surface area contributed by atoms with Crippen LogP contribution in [0.25, 0.3) is 0 Å². The summed E-state index contributed by atoms with van der Waals surface area (Å²) in [6.45, 7) is 5.10. The van der Waals surface area contributed by atoms with Gasteiger partial charge in [-0.25, -0.2) is 0 Å². The van der Waals surface area contributed by atoms with E-state index in [2.05, 4.69) is 48.1 Å². The Morgan fingerprint density at radius 2 is 1.57 bits per heavy atom. The fourth-order valence-electron chi connectivity index (χ4n) is 1.81. The van der Waals surface area contributed by atoms with Crippen LogP contribution < -0.4 is 4.74 Å². The molecule has 2 rings (SSSR count). The van der Waals surface area contributed by atoms with Crippen molar-refractivity contribution in [3.05, 3.63) is 59.7 Å². The Morgan fingerprint density at radius 1 is 1.00 bits per heavy atom. The first-order chi connectivity index (χ1) is 11.2. The van der Waals surface area contributed by atoms with Crippen molar-refractivity contribution in [3.63, 3.8) is 0 Å². The van der Waals surface area contributed by atoms with Crippen molar-refractivity contribution in [1.29, 1.82) is 0 Å². The first-order valence-electron chi connectivity index (χ1n) is 7.64. The molecule has 0 aliphatic carbocycles. The molecule has 0 aliphatic rings. The third-order valence-electron chi connectivity index (χ3n) is 3.48. The minimum atomic E-state index is 0.569. The monoisotopic (exact) mass is 321 g/mol. The van der Waals surface area contributed by atoms with Gasteiger partial charge in [0.25, 0.3) is 0 Å². The Bertz CT molecular complexity index is 732. The molecule has 23 heavy (non-hydrogen) atoms. The highest BCUT2D eigenvalue weighted by Crippen LogP contribution is 2.14. The van der Waals surface area contributed by atoms with Crippen LogP contribution in [-0.2, 0) is 0 Å². The molecular weight excluding hydrogens is 302 g/mol. The summed E-state index contributed by atoms with van der Waals surface area (Å²) >= 11 is 4.58. The van der Waals surface area contributed by atoms with Crippen LogP contribution in [0.1, 0.15) is 31.4 Å². The van der Waals surface area contributed by atoms with E-state index in [9.17, 15) is 0 Å². The number of nitrogens with zero attached hydrogens (tertiary/aromatic N) is 1. The van der Waals surface area contributed by atoms with E-state index in [-0.39, 0.29) is 0 Å². The molecular formula is C20H19NOS. The van der Waals surface area contributed by atoms with Crippen molar-refractivity contribution >= 4 is 23.1 Å². The van der Waals surface area contributed by atoms with Gasteiger partial charge in [-0.2, -0.15) is 4.99 Å². The van der Waals surface area contributed by atoms with Gasteiger partial charge in [0.05, 0.1) is 17.5 Å². The number of thiocarbonyl (C=S) groups is 1. The number of isothiocyanates is 1. The van der Waals surface area contributed by atoms with E-state index in [1.807, 2.05) is 48.5 Å². The molecule has 2 aromatic carbocycles. The van der Waals surface area contributed by atoms with Gasteiger partial charge in [-0.05, 0) is 66.7 Å². The van der Waals surface area contributed by atoms with Crippen molar-refractivity contribution < 1.29 is 4.74 Å². The number of benzene rings is 2. The quantitative estimate of drug-likeness (QED) is 0.426. The Labute approximate surface area is 143 Å². The molecule has 0 aromatic heterocycles. The molecule has 3 heteroatoms. The number of hydrogen-bond donors (Lipinski definition) is 0. The lowest BCUT2D eigenvalue weighted by atomic mass is 10.1. The molecule has 0 fully saturated rings. The molecule has 1 unspecified atom stereocenters. The van der Waals surface area contributed by atoms with Crippen LogP contribution in [0, 0.1) is 17.8 Å². The fourth-order valence-corrected chi connectivity index (χ4v) is 1.91. The van der Waals surface area contributed by atoms with Crippen LogP contribution in [-0.4, -0.2) is 11.8 Å². The second kappa shape index (κ2) is 8.90. The minimum Gasteiger partial charge on any atom is -0.493 e. The van der Waals surface area contributed by atoms with Gasteiger partial charge in [0.2, 0.25) is 0 Å². The van der Waals surface area contributed by atoms with Crippen molar-refractivity contribution in [1.82, 2.24) is 0 Å². The fraction of sp³-hybridized carbons (Fsp3) is 0.250. The lowest BCUT2D eigenvalue weighted by Gasteiger charge is -2.10. The van der Waals surface area contributed by atoms with Gasteiger partial charge in [0.15, 0.2) is 0 Å². The maximum Gasteiger partial charge on any atom is 0.119 e. The van der Waals surface area contributed by atoms with Crippen molar-refractivity contribution in [2.45, 2.75) is 20.3 Å². The van der Waals surface area contributed by atoms with E-state index in [4.69, 9.17) is 4.74 Å². The third-order valence-corrected chi connectivity index (χ3v) is 3.57. The minimum absolute atomic E-state index is 0.569. The second-order valence-electron chi connectivity index (χ2n) is 5.35.